The molecule has 2 amide bonds. The number of methoxy groups -OCH3 is 1. The van der Waals surface area contributed by atoms with Gasteiger partial charge in [0.05, 0.1) is 24.1 Å². The summed E-state index contributed by atoms with van der Waals surface area (Å²) >= 11 is 12.3. The monoisotopic (exact) mass is 619 g/mol. The van der Waals surface area contributed by atoms with E-state index in [1.54, 1.807) is 29.2 Å². The maximum absolute atomic E-state index is 13.8. The zero-order chi connectivity index (χ0) is 30.0. The maximum atomic E-state index is 13.8. The number of carbonyl (C=O) groups is 2. The van der Waals surface area contributed by atoms with Crippen LogP contribution in [0.4, 0.5) is 5.69 Å². The van der Waals surface area contributed by atoms with E-state index >= 15 is 0 Å². The van der Waals surface area contributed by atoms with E-state index in [4.69, 9.17) is 27.9 Å². The van der Waals surface area contributed by atoms with Crippen LogP contribution in [0, 0.1) is 0 Å². The summed E-state index contributed by atoms with van der Waals surface area (Å²) in [5.74, 6) is -0.107. The van der Waals surface area contributed by atoms with Gasteiger partial charge in [-0.15, -0.1) is 0 Å². The first-order chi connectivity index (χ1) is 19.5. The largest absolute Gasteiger partial charge is 0.495 e. The fourth-order valence-electron chi connectivity index (χ4n) is 4.45. The molecular formula is C30H35Cl2N3O5S. The van der Waals surface area contributed by atoms with Crippen LogP contribution in [0.1, 0.15) is 30.9 Å². The number of hydrogen-bond acceptors (Lipinski definition) is 5. The zero-order valence-corrected chi connectivity index (χ0v) is 25.7. The van der Waals surface area contributed by atoms with Gasteiger partial charge in [0.2, 0.25) is 21.8 Å². The van der Waals surface area contributed by atoms with Crippen molar-refractivity contribution in [1.29, 1.82) is 0 Å². The van der Waals surface area contributed by atoms with Gasteiger partial charge in [0.1, 0.15) is 11.8 Å². The molecule has 8 nitrogen and oxygen atoms in total. The lowest BCUT2D eigenvalue weighted by atomic mass is 10.0. The number of halogens is 2. The summed E-state index contributed by atoms with van der Waals surface area (Å²) < 4.78 is 31.7. The van der Waals surface area contributed by atoms with Crippen LogP contribution >= 0.6 is 23.2 Å². The van der Waals surface area contributed by atoms with Crippen molar-refractivity contribution < 1.29 is 22.7 Å². The van der Waals surface area contributed by atoms with E-state index in [0.717, 1.165) is 17.4 Å². The summed E-state index contributed by atoms with van der Waals surface area (Å²) in [6.45, 7) is 2.48. The number of ether oxygens (including phenoxy) is 1. The van der Waals surface area contributed by atoms with Crippen LogP contribution in [0.3, 0.4) is 0 Å². The lowest BCUT2D eigenvalue weighted by molar-refractivity contribution is -0.141. The van der Waals surface area contributed by atoms with E-state index < -0.39 is 16.1 Å². The van der Waals surface area contributed by atoms with Gasteiger partial charge in [0, 0.05) is 37.5 Å². The molecule has 0 saturated carbocycles. The lowest BCUT2D eigenvalue weighted by Crippen LogP contribution is -2.50. The lowest BCUT2D eigenvalue weighted by Gasteiger charge is -2.32. The minimum absolute atomic E-state index is 0.0220. The second-order valence-electron chi connectivity index (χ2n) is 9.51. The molecule has 3 aromatic rings. The number of nitrogens with one attached hydrogen (secondary N) is 1. The Balaban J connectivity index is 1.86. The van der Waals surface area contributed by atoms with Gasteiger partial charge in [0.15, 0.2) is 0 Å². The number of likely N-dealkylation sites (N-methyl/N-ethyl adjacent to an activating group) is 1. The topological polar surface area (TPSA) is 96.0 Å². The van der Waals surface area contributed by atoms with E-state index in [-0.39, 0.29) is 42.8 Å². The molecule has 0 bridgehead atoms. The van der Waals surface area contributed by atoms with E-state index in [1.807, 2.05) is 49.4 Å². The van der Waals surface area contributed by atoms with Crippen LogP contribution in [0.15, 0.2) is 72.8 Å². The molecule has 11 heteroatoms. The summed E-state index contributed by atoms with van der Waals surface area (Å²) in [7, 11) is -2.20. The SMILES string of the molecule is CCNC(=O)[C@H](Cc1ccccc1)N(Cc1ccc(Cl)cc1)C(=O)CCCN(c1ccc(OC)c(Cl)c1)S(C)(=O)=O. The quantitative estimate of drug-likeness (QED) is 0.263. The van der Waals surface area contributed by atoms with Crippen molar-refractivity contribution in [1.82, 2.24) is 10.2 Å². The Bertz CT molecular complexity index is 1420. The van der Waals surface area contributed by atoms with Gasteiger partial charge in [-0.05, 0) is 54.8 Å². The van der Waals surface area contributed by atoms with Crippen LogP contribution in [-0.4, -0.2) is 57.6 Å². The first-order valence-corrected chi connectivity index (χ1v) is 15.8. The fraction of sp³-hybridized carbons (Fsp3) is 0.333. The highest BCUT2D eigenvalue weighted by Gasteiger charge is 2.30. The van der Waals surface area contributed by atoms with Crippen LogP contribution in [0.5, 0.6) is 5.75 Å². The average molecular weight is 621 g/mol. The van der Waals surface area contributed by atoms with Crippen LogP contribution in [-0.2, 0) is 32.6 Å². The molecule has 0 aliphatic heterocycles. The molecule has 0 aliphatic carbocycles. The van der Waals surface area contributed by atoms with Crippen molar-refractivity contribution >= 4 is 50.7 Å². The van der Waals surface area contributed by atoms with E-state index in [2.05, 4.69) is 5.32 Å². The van der Waals surface area contributed by atoms with Crippen LogP contribution < -0.4 is 14.4 Å². The number of benzene rings is 3. The van der Waals surface area contributed by atoms with Crippen molar-refractivity contribution in [2.75, 3.05) is 30.8 Å². The predicted octanol–water partition coefficient (Wildman–Crippen LogP) is 5.32. The van der Waals surface area contributed by atoms with Crippen molar-refractivity contribution in [2.24, 2.45) is 0 Å². The Labute approximate surface area is 252 Å². The van der Waals surface area contributed by atoms with Gasteiger partial charge >= 0.3 is 0 Å². The van der Waals surface area contributed by atoms with Crippen LogP contribution in [0.2, 0.25) is 10.0 Å². The molecule has 0 spiro atoms. The third-order valence-electron chi connectivity index (χ3n) is 6.46. The number of sulfonamides is 1. The van der Waals surface area contributed by atoms with Gasteiger partial charge in [-0.1, -0.05) is 65.7 Å². The van der Waals surface area contributed by atoms with Crippen molar-refractivity contribution in [3.8, 4) is 5.75 Å². The number of nitrogens with zero attached hydrogens (tertiary/aromatic N) is 2. The molecular weight excluding hydrogens is 585 g/mol. The number of carbonyl (C=O) groups excluding carboxylic acids is 2. The van der Waals surface area contributed by atoms with Crippen molar-refractivity contribution in [3.05, 3.63) is 94.0 Å². The van der Waals surface area contributed by atoms with E-state index in [0.29, 0.717) is 29.4 Å². The molecule has 1 N–H and O–H groups in total. The summed E-state index contributed by atoms with van der Waals surface area (Å²) in [6, 6.07) is 20.6. The number of hydrogen-bond donors (Lipinski definition) is 1. The number of anilines is 1. The Kier molecular flexibility index (Phi) is 11.9. The number of amides is 2. The summed E-state index contributed by atoms with van der Waals surface area (Å²) in [6.07, 6.45) is 1.67. The Morgan fingerprint density at radius 3 is 2.24 bits per heavy atom. The maximum Gasteiger partial charge on any atom is 0.243 e. The molecule has 220 valence electrons. The molecule has 0 radical (unpaired) electrons. The predicted molar refractivity (Wildman–Crippen MR) is 164 cm³/mol. The average Bonchev–Trinajstić information content (AvgIpc) is 2.94. The molecule has 0 fully saturated rings. The third-order valence-corrected chi connectivity index (χ3v) is 8.21. The molecule has 3 aromatic carbocycles. The molecule has 0 aliphatic rings. The van der Waals surface area contributed by atoms with Crippen LogP contribution in [0.25, 0.3) is 0 Å². The highest BCUT2D eigenvalue weighted by Crippen LogP contribution is 2.30. The Morgan fingerprint density at radius 1 is 0.976 bits per heavy atom. The van der Waals surface area contributed by atoms with E-state index in [9.17, 15) is 18.0 Å². The minimum Gasteiger partial charge on any atom is -0.495 e. The van der Waals surface area contributed by atoms with Gasteiger partial charge in [0.25, 0.3) is 0 Å². The molecule has 41 heavy (non-hydrogen) atoms. The van der Waals surface area contributed by atoms with Crippen molar-refractivity contribution in [3.63, 3.8) is 0 Å². The normalized spacial score (nSPS) is 11.9. The molecule has 0 unspecified atom stereocenters. The second-order valence-corrected chi connectivity index (χ2v) is 12.3. The standard InChI is InChI=1S/C30H35Cl2N3O5S/c1-4-33-30(37)27(19-22-9-6-5-7-10-22)34(21-23-12-14-24(31)15-13-23)29(36)11-8-18-35(41(3,38)39)25-16-17-28(40-2)26(32)20-25/h5-7,9-10,12-17,20,27H,4,8,11,18-19,21H2,1-3H3,(H,33,37)/t27-/m0/s1. The summed E-state index contributed by atoms with van der Waals surface area (Å²) in [5, 5.41) is 3.70. The van der Waals surface area contributed by atoms with E-state index in [1.165, 1.54) is 17.5 Å². The summed E-state index contributed by atoms with van der Waals surface area (Å²) in [4.78, 5) is 28.6. The smallest absolute Gasteiger partial charge is 0.243 e. The number of rotatable bonds is 14. The Morgan fingerprint density at radius 2 is 1.66 bits per heavy atom. The molecule has 0 saturated heterocycles. The fourth-order valence-corrected chi connectivity index (χ4v) is 5.78. The van der Waals surface area contributed by atoms with Gasteiger partial charge in [-0.25, -0.2) is 8.42 Å². The summed E-state index contributed by atoms with van der Waals surface area (Å²) in [5.41, 5.74) is 2.10. The molecule has 0 aromatic heterocycles. The zero-order valence-electron chi connectivity index (χ0n) is 23.3. The second kappa shape index (κ2) is 15.1. The third kappa shape index (κ3) is 9.38. The highest BCUT2D eigenvalue weighted by atomic mass is 35.5. The minimum atomic E-state index is -3.67. The molecule has 3 rings (SSSR count). The molecule has 1 atom stereocenters. The van der Waals surface area contributed by atoms with Gasteiger partial charge in [-0.3, -0.25) is 13.9 Å². The van der Waals surface area contributed by atoms with Gasteiger partial charge < -0.3 is 15.0 Å². The first kappa shape index (κ1) is 32.2. The Hall–Kier alpha value is -3.27. The molecule has 0 heterocycles. The first-order valence-electron chi connectivity index (χ1n) is 13.2. The van der Waals surface area contributed by atoms with Gasteiger partial charge in [-0.2, -0.15) is 0 Å². The highest BCUT2D eigenvalue weighted by molar-refractivity contribution is 7.92. The van der Waals surface area contributed by atoms with Crippen molar-refractivity contribution in [2.45, 2.75) is 38.8 Å².